The Hall–Kier alpha value is -0.980. The monoisotopic (exact) mass is 366 g/mol. The highest BCUT2D eigenvalue weighted by molar-refractivity contribution is 9.10. The van der Waals surface area contributed by atoms with E-state index in [2.05, 4.69) is 26.6 Å². The third kappa shape index (κ3) is 2.96. The molecule has 2 rings (SSSR count). The molecule has 1 fully saturated rings. The van der Waals surface area contributed by atoms with E-state index in [1.165, 1.54) is 0 Å². The zero-order valence-corrected chi connectivity index (χ0v) is 12.6. The Morgan fingerprint density at radius 3 is 2.42 bits per heavy atom. The van der Waals surface area contributed by atoms with Crippen LogP contribution in [0.5, 0.6) is 0 Å². The number of anilines is 1. The van der Waals surface area contributed by atoms with Crippen LogP contribution in [0.15, 0.2) is 16.6 Å². The summed E-state index contributed by atoms with van der Waals surface area (Å²) in [5.41, 5.74) is -0.830. The highest BCUT2D eigenvalue weighted by atomic mass is 79.9. The average molecular weight is 368 g/mol. The molecule has 1 aliphatic carbocycles. The van der Waals surface area contributed by atoms with E-state index >= 15 is 0 Å². The van der Waals surface area contributed by atoms with Gasteiger partial charge in [-0.1, -0.05) is 23.2 Å². The third-order valence-electron chi connectivity index (χ3n) is 2.80. The predicted molar refractivity (Wildman–Crippen MR) is 75.9 cm³/mol. The summed E-state index contributed by atoms with van der Waals surface area (Å²) in [7, 11) is 0. The minimum absolute atomic E-state index is 0.186. The number of carboxylic acids is 1. The molecule has 1 aromatic carbocycles. The van der Waals surface area contributed by atoms with Crippen molar-refractivity contribution in [1.82, 2.24) is 5.32 Å². The van der Waals surface area contributed by atoms with Gasteiger partial charge in [0.05, 0.1) is 15.7 Å². The van der Waals surface area contributed by atoms with Crippen LogP contribution < -0.4 is 10.6 Å². The van der Waals surface area contributed by atoms with Gasteiger partial charge in [-0.2, -0.15) is 0 Å². The standard InChI is InChI=1S/C11H9BrCl2N2O3/c12-5-1-2-6(8(14)7(5)13)15-10(19)16-11(3-4-11)9(17)18/h1-2H,3-4H2,(H,17,18)(H2,15,16,19). The summed E-state index contributed by atoms with van der Waals surface area (Å²) >= 11 is 15.1. The van der Waals surface area contributed by atoms with Gasteiger partial charge >= 0.3 is 12.0 Å². The number of carbonyl (C=O) groups excluding carboxylic acids is 1. The van der Waals surface area contributed by atoms with Gasteiger partial charge in [0.25, 0.3) is 0 Å². The second kappa shape index (κ2) is 5.19. The van der Waals surface area contributed by atoms with Gasteiger partial charge in [-0.05, 0) is 40.9 Å². The van der Waals surface area contributed by atoms with E-state index in [4.69, 9.17) is 28.3 Å². The molecule has 0 spiro atoms. The molecule has 102 valence electrons. The molecule has 2 amide bonds. The fraction of sp³-hybridized carbons (Fsp3) is 0.273. The number of aliphatic carboxylic acids is 1. The molecule has 5 nitrogen and oxygen atoms in total. The van der Waals surface area contributed by atoms with E-state index < -0.39 is 17.5 Å². The molecule has 8 heteroatoms. The molecule has 0 heterocycles. The van der Waals surface area contributed by atoms with Crippen LogP contribution in [0.2, 0.25) is 10.0 Å². The molecule has 0 bridgehead atoms. The van der Waals surface area contributed by atoms with Gasteiger partial charge in [-0.3, -0.25) is 0 Å². The normalized spacial score (nSPS) is 15.7. The molecule has 0 aliphatic heterocycles. The van der Waals surface area contributed by atoms with Crippen molar-refractivity contribution in [1.29, 1.82) is 0 Å². The average Bonchev–Trinajstić information content (AvgIpc) is 3.11. The van der Waals surface area contributed by atoms with E-state index in [1.807, 2.05) is 0 Å². The van der Waals surface area contributed by atoms with Crippen molar-refractivity contribution < 1.29 is 14.7 Å². The lowest BCUT2D eigenvalue weighted by atomic mass is 10.3. The van der Waals surface area contributed by atoms with Gasteiger partial charge < -0.3 is 15.7 Å². The largest absolute Gasteiger partial charge is 0.480 e. The number of urea groups is 1. The summed E-state index contributed by atoms with van der Waals surface area (Å²) in [6.07, 6.45) is 0.842. The first-order valence-electron chi connectivity index (χ1n) is 5.32. The second-order valence-electron chi connectivity index (χ2n) is 4.19. The smallest absolute Gasteiger partial charge is 0.329 e. The topological polar surface area (TPSA) is 78.4 Å². The van der Waals surface area contributed by atoms with Gasteiger partial charge in [-0.15, -0.1) is 0 Å². The first-order chi connectivity index (χ1) is 8.85. The van der Waals surface area contributed by atoms with Crippen LogP contribution >= 0.6 is 39.1 Å². The lowest BCUT2D eigenvalue weighted by Crippen LogP contribution is -2.45. The van der Waals surface area contributed by atoms with E-state index in [-0.39, 0.29) is 10.0 Å². The summed E-state index contributed by atoms with van der Waals surface area (Å²) in [5.74, 6) is -1.04. The van der Waals surface area contributed by atoms with Crippen molar-refractivity contribution in [3.63, 3.8) is 0 Å². The third-order valence-corrected chi connectivity index (χ3v) is 4.57. The lowest BCUT2D eigenvalue weighted by Gasteiger charge is -2.14. The molecule has 0 saturated heterocycles. The van der Waals surface area contributed by atoms with E-state index in [0.717, 1.165) is 0 Å². The number of rotatable bonds is 3. The molecule has 19 heavy (non-hydrogen) atoms. The predicted octanol–water partition coefficient (Wildman–Crippen LogP) is 3.49. The molecular weight excluding hydrogens is 359 g/mol. The molecule has 0 radical (unpaired) electrons. The summed E-state index contributed by atoms with van der Waals surface area (Å²) < 4.78 is 0.606. The van der Waals surface area contributed by atoms with Crippen molar-refractivity contribution in [2.24, 2.45) is 0 Å². The number of hydrogen-bond donors (Lipinski definition) is 3. The van der Waals surface area contributed by atoms with Crippen molar-refractivity contribution in [2.45, 2.75) is 18.4 Å². The maximum absolute atomic E-state index is 11.7. The molecule has 0 unspecified atom stereocenters. The Bertz CT molecular complexity index is 561. The van der Waals surface area contributed by atoms with Crippen LogP contribution in [-0.4, -0.2) is 22.6 Å². The van der Waals surface area contributed by atoms with E-state index in [1.54, 1.807) is 12.1 Å². The summed E-state index contributed by atoms with van der Waals surface area (Å²) in [5, 5.41) is 14.3. The Kier molecular flexibility index (Phi) is 3.94. The number of nitrogens with one attached hydrogen (secondary N) is 2. The van der Waals surface area contributed by atoms with Crippen LogP contribution in [0.25, 0.3) is 0 Å². The van der Waals surface area contributed by atoms with Crippen LogP contribution in [0.4, 0.5) is 10.5 Å². The van der Waals surface area contributed by atoms with Crippen molar-refractivity contribution >= 4 is 56.8 Å². The van der Waals surface area contributed by atoms with E-state index in [0.29, 0.717) is 23.0 Å². The Balaban J connectivity index is 2.08. The quantitative estimate of drug-likeness (QED) is 0.715. The van der Waals surface area contributed by atoms with Gasteiger partial charge in [0.1, 0.15) is 5.54 Å². The van der Waals surface area contributed by atoms with Crippen molar-refractivity contribution in [3.05, 3.63) is 26.7 Å². The van der Waals surface area contributed by atoms with Crippen LogP contribution in [0.3, 0.4) is 0 Å². The fourth-order valence-corrected chi connectivity index (χ4v) is 2.33. The highest BCUT2D eigenvalue weighted by Crippen LogP contribution is 2.37. The van der Waals surface area contributed by atoms with Gasteiger partial charge in [0, 0.05) is 4.47 Å². The second-order valence-corrected chi connectivity index (χ2v) is 5.80. The zero-order valence-electron chi connectivity index (χ0n) is 9.47. The SMILES string of the molecule is O=C(Nc1ccc(Br)c(Cl)c1Cl)NC1(C(=O)O)CC1. The Morgan fingerprint density at radius 1 is 1.26 bits per heavy atom. The molecule has 0 atom stereocenters. The molecule has 0 aromatic heterocycles. The number of benzene rings is 1. The Morgan fingerprint density at radius 2 is 1.89 bits per heavy atom. The maximum Gasteiger partial charge on any atom is 0.329 e. The minimum Gasteiger partial charge on any atom is -0.480 e. The van der Waals surface area contributed by atoms with Crippen LogP contribution in [0, 0.1) is 0 Å². The molecule has 1 saturated carbocycles. The van der Waals surface area contributed by atoms with Gasteiger partial charge in [0.2, 0.25) is 0 Å². The molecular formula is C11H9BrCl2N2O3. The van der Waals surface area contributed by atoms with Crippen LogP contribution in [-0.2, 0) is 4.79 Å². The first kappa shape index (κ1) is 14.4. The van der Waals surface area contributed by atoms with Gasteiger partial charge in [-0.25, -0.2) is 9.59 Å². The lowest BCUT2D eigenvalue weighted by molar-refractivity contribution is -0.140. The summed E-state index contributed by atoms with van der Waals surface area (Å²) in [6.45, 7) is 0. The van der Waals surface area contributed by atoms with E-state index in [9.17, 15) is 9.59 Å². The minimum atomic E-state index is -1.14. The molecule has 3 N–H and O–H groups in total. The number of carbonyl (C=O) groups is 2. The fourth-order valence-electron chi connectivity index (χ4n) is 1.51. The maximum atomic E-state index is 11.7. The molecule has 1 aromatic rings. The summed E-state index contributed by atoms with van der Waals surface area (Å²) in [6, 6.07) is 2.58. The zero-order chi connectivity index (χ0) is 14.2. The van der Waals surface area contributed by atoms with Gasteiger partial charge in [0.15, 0.2) is 0 Å². The number of halogens is 3. The van der Waals surface area contributed by atoms with Crippen molar-refractivity contribution in [2.75, 3.05) is 5.32 Å². The number of hydrogen-bond acceptors (Lipinski definition) is 2. The number of carboxylic acid groups (broad SMARTS) is 1. The number of amides is 2. The van der Waals surface area contributed by atoms with Crippen LogP contribution in [0.1, 0.15) is 12.8 Å². The van der Waals surface area contributed by atoms with Crippen molar-refractivity contribution in [3.8, 4) is 0 Å². The first-order valence-corrected chi connectivity index (χ1v) is 6.87. The Labute approximate surface area is 127 Å². The summed E-state index contributed by atoms with van der Waals surface area (Å²) in [4.78, 5) is 22.7. The highest BCUT2D eigenvalue weighted by Gasteiger charge is 2.51. The molecule has 1 aliphatic rings.